The van der Waals surface area contributed by atoms with E-state index in [1.54, 1.807) is 6.07 Å². The van der Waals surface area contributed by atoms with Crippen LogP contribution in [0.4, 0.5) is 0 Å². The number of hydrazine groups is 1. The molecule has 0 radical (unpaired) electrons. The molecule has 2 aromatic rings. The predicted octanol–water partition coefficient (Wildman–Crippen LogP) is 1.86. The van der Waals surface area contributed by atoms with E-state index in [9.17, 15) is 4.79 Å². The van der Waals surface area contributed by atoms with Gasteiger partial charge in [0.1, 0.15) is 0 Å². The van der Waals surface area contributed by atoms with E-state index < -0.39 is 5.91 Å². The fraction of sp³-hybridized carbons (Fsp3) is 0.214. The number of benzene rings is 1. The first-order valence-corrected chi connectivity index (χ1v) is 6.86. The summed E-state index contributed by atoms with van der Waals surface area (Å²) in [5.41, 5.74) is 6.08. The Morgan fingerprint density at radius 2 is 1.95 bits per heavy atom. The fourth-order valence-corrected chi connectivity index (χ4v) is 1.88. The van der Waals surface area contributed by atoms with Crippen molar-refractivity contribution in [2.75, 3.05) is 0 Å². The van der Waals surface area contributed by atoms with Crippen LogP contribution in [0.25, 0.3) is 11.3 Å². The molecular formula is C14H16N4O2S. The Labute approximate surface area is 127 Å². The number of aromatic nitrogens is 1. The molecule has 1 aromatic carbocycles. The highest BCUT2D eigenvalue weighted by Gasteiger charge is 2.13. The van der Waals surface area contributed by atoms with Crippen molar-refractivity contribution in [3.63, 3.8) is 0 Å². The van der Waals surface area contributed by atoms with Crippen LogP contribution in [0.5, 0.6) is 0 Å². The zero-order chi connectivity index (χ0) is 15.2. The molecule has 0 atom stereocenters. The van der Waals surface area contributed by atoms with Crippen molar-refractivity contribution in [1.29, 1.82) is 0 Å². The molecule has 3 N–H and O–H groups in total. The van der Waals surface area contributed by atoms with Gasteiger partial charge in [0.15, 0.2) is 16.6 Å². The van der Waals surface area contributed by atoms with Crippen molar-refractivity contribution in [1.82, 2.24) is 21.3 Å². The standard InChI is InChI=1S/C14H16N4O2S/c1-9(2)15-14(21)17-16-13(19)11-8-12(20-18-11)10-6-4-3-5-7-10/h3-9H,1-2H3,(H,16,19)(H2,15,17,21). The van der Waals surface area contributed by atoms with Gasteiger partial charge in [-0.15, -0.1) is 0 Å². The number of carbonyl (C=O) groups excluding carboxylic acids is 1. The van der Waals surface area contributed by atoms with Crippen LogP contribution in [0, 0.1) is 0 Å². The van der Waals surface area contributed by atoms with Crippen molar-refractivity contribution in [2.45, 2.75) is 19.9 Å². The zero-order valence-electron chi connectivity index (χ0n) is 11.7. The fourth-order valence-electron chi connectivity index (χ4n) is 1.60. The van der Waals surface area contributed by atoms with Crippen LogP contribution in [0.15, 0.2) is 40.9 Å². The molecule has 1 aromatic heterocycles. The van der Waals surface area contributed by atoms with E-state index in [1.165, 1.54) is 0 Å². The van der Waals surface area contributed by atoms with Gasteiger partial charge in [0.2, 0.25) is 0 Å². The third kappa shape index (κ3) is 4.28. The minimum absolute atomic E-state index is 0.175. The Hall–Kier alpha value is -2.41. The normalized spacial score (nSPS) is 10.2. The number of thiocarbonyl (C=S) groups is 1. The average molecular weight is 304 g/mol. The summed E-state index contributed by atoms with van der Waals surface area (Å²) >= 11 is 5.00. The third-order valence-electron chi connectivity index (χ3n) is 2.51. The number of rotatable bonds is 3. The van der Waals surface area contributed by atoms with Crippen LogP contribution in [-0.2, 0) is 0 Å². The average Bonchev–Trinajstić information content (AvgIpc) is 2.95. The van der Waals surface area contributed by atoms with E-state index in [1.807, 2.05) is 44.2 Å². The molecule has 6 nitrogen and oxygen atoms in total. The van der Waals surface area contributed by atoms with Gasteiger partial charge < -0.3 is 9.84 Å². The van der Waals surface area contributed by atoms with E-state index in [-0.39, 0.29) is 11.7 Å². The second-order valence-electron chi connectivity index (χ2n) is 4.65. The number of amides is 1. The molecule has 0 spiro atoms. The molecule has 7 heteroatoms. The van der Waals surface area contributed by atoms with Crippen molar-refractivity contribution >= 4 is 23.2 Å². The van der Waals surface area contributed by atoms with Crippen LogP contribution in [0.3, 0.4) is 0 Å². The third-order valence-corrected chi connectivity index (χ3v) is 2.73. The van der Waals surface area contributed by atoms with Crippen molar-refractivity contribution in [3.8, 4) is 11.3 Å². The summed E-state index contributed by atoms with van der Waals surface area (Å²) < 4.78 is 5.16. The zero-order valence-corrected chi connectivity index (χ0v) is 12.5. The van der Waals surface area contributed by atoms with E-state index in [0.29, 0.717) is 10.9 Å². The molecule has 0 unspecified atom stereocenters. The summed E-state index contributed by atoms with van der Waals surface area (Å²) in [7, 11) is 0. The highest BCUT2D eigenvalue weighted by atomic mass is 32.1. The maximum absolute atomic E-state index is 11.9. The lowest BCUT2D eigenvalue weighted by molar-refractivity contribution is 0.0934. The number of nitrogens with zero attached hydrogens (tertiary/aromatic N) is 1. The lowest BCUT2D eigenvalue weighted by atomic mass is 10.1. The number of hydrogen-bond donors (Lipinski definition) is 3. The largest absolute Gasteiger partial charge is 0.359 e. The Bertz CT molecular complexity index is 625. The van der Waals surface area contributed by atoms with Gasteiger partial charge in [0, 0.05) is 17.7 Å². The first-order valence-electron chi connectivity index (χ1n) is 6.45. The first-order chi connectivity index (χ1) is 10.1. The number of hydrogen-bond acceptors (Lipinski definition) is 4. The molecule has 1 heterocycles. The topological polar surface area (TPSA) is 79.2 Å². The van der Waals surface area contributed by atoms with Gasteiger partial charge in [-0.2, -0.15) is 0 Å². The molecule has 0 bridgehead atoms. The molecule has 0 fully saturated rings. The molecule has 2 rings (SSSR count). The summed E-state index contributed by atoms with van der Waals surface area (Å²) in [6, 6.07) is 11.2. The van der Waals surface area contributed by atoms with Crippen LogP contribution in [0.1, 0.15) is 24.3 Å². The highest BCUT2D eigenvalue weighted by Crippen LogP contribution is 2.19. The van der Waals surface area contributed by atoms with Gasteiger partial charge in [-0.1, -0.05) is 35.5 Å². The summed E-state index contributed by atoms with van der Waals surface area (Å²) in [4.78, 5) is 11.9. The van der Waals surface area contributed by atoms with Gasteiger partial charge in [-0.05, 0) is 26.1 Å². The number of carbonyl (C=O) groups is 1. The molecule has 0 saturated heterocycles. The van der Waals surface area contributed by atoms with Crippen LogP contribution in [-0.4, -0.2) is 22.2 Å². The second kappa shape index (κ2) is 6.85. The molecular weight excluding hydrogens is 288 g/mol. The summed E-state index contributed by atoms with van der Waals surface area (Å²) in [5, 5.41) is 7.02. The van der Waals surface area contributed by atoms with E-state index in [4.69, 9.17) is 16.7 Å². The molecule has 0 aliphatic carbocycles. The first kappa shape index (κ1) is 15.0. The Morgan fingerprint density at radius 1 is 1.24 bits per heavy atom. The Morgan fingerprint density at radius 3 is 2.62 bits per heavy atom. The van der Waals surface area contributed by atoms with Gasteiger partial charge in [-0.3, -0.25) is 15.6 Å². The molecule has 0 saturated carbocycles. The SMILES string of the molecule is CC(C)NC(=S)NNC(=O)c1cc(-c2ccccc2)on1. The molecule has 0 aliphatic heterocycles. The van der Waals surface area contributed by atoms with Gasteiger partial charge >= 0.3 is 0 Å². The van der Waals surface area contributed by atoms with E-state index in [0.717, 1.165) is 5.56 Å². The second-order valence-corrected chi connectivity index (χ2v) is 5.06. The van der Waals surface area contributed by atoms with Crippen LogP contribution >= 0.6 is 12.2 Å². The van der Waals surface area contributed by atoms with E-state index in [2.05, 4.69) is 21.3 Å². The van der Waals surface area contributed by atoms with E-state index >= 15 is 0 Å². The lowest BCUT2D eigenvalue weighted by Crippen LogP contribution is -2.48. The van der Waals surface area contributed by atoms with Crippen molar-refractivity contribution in [3.05, 3.63) is 42.1 Å². The Kier molecular flexibility index (Phi) is 4.89. The molecule has 21 heavy (non-hydrogen) atoms. The minimum atomic E-state index is -0.422. The van der Waals surface area contributed by atoms with Crippen LogP contribution in [0.2, 0.25) is 0 Å². The highest BCUT2D eigenvalue weighted by molar-refractivity contribution is 7.80. The van der Waals surface area contributed by atoms with Gasteiger partial charge in [0.05, 0.1) is 0 Å². The summed E-state index contributed by atoms with van der Waals surface area (Å²) in [5.74, 6) is 0.109. The maximum Gasteiger partial charge on any atom is 0.291 e. The van der Waals surface area contributed by atoms with Gasteiger partial charge in [0.25, 0.3) is 5.91 Å². The quantitative estimate of drug-likeness (QED) is 0.593. The summed E-state index contributed by atoms with van der Waals surface area (Å²) in [6.45, 7) is 3.89. The van der Waals surface area contributed by atoms with Gasteiger partial charge in [-0.25, -0.2) is 0 Å². The van der Waals surface area contributed by atoms with Crippen LogP contribution < -0.4 is 16.2 Å². The maximum atomic E-state index is 11.9. The number of nitrogens with one attached hydrogen (secondary N) is 3. The lowest BCUT2D eigenvalue weighted by Gasteiger charge is -2.12. The molecule has 1 amide bonds. The molecule has 0 aliphatic rings. The van der Waals surface area contributed by atoms with Crippen molar-refractivity contribution in [2.24, 2.45) is 0 Å². The smallest absolute Gasteiger partial charge is 0.291 e. The minimum Gasteiger partial charge on any atom is -0.359 e. The van der Waals surface area contributed by atoms with Crippen molar-refractivity contribution < 1.29 is 9.32 Å². The Balaban J connectivity index is 1.95. The molecule has 110 valence electrons. The summed E-state index contributed by atoms with van der Waals surface area (Å²) in [6.07, 6.45) is 0. The predicted molar refractivity (Wildman–Crippen MR) is 83.4 cm³/mol. The monoisotopic (exact) mass is 304 g/mol.